The minimum absolute atomic E-state index is 0.595. The molecule has 0 unspecified atom stereocenters. The van der Waals surface area contributed by atoms with Gasteiger partial charge >= 0.3 is 0 Å². The number of nitrogens with one attached hydrogen (secondary N) is 1. The minimum atomic E-state index is 0.595. The van der Waals surface area contributed by atoms with Gasteiger partial charge in [-0.1, -0.05) is 51.7 Å². The molecule has 1 aliphatic carbocycles. The first-order valence-corrected chi connectivity index (χ1v) is 7.73. The van der Waals surface area contributed by atoms with E-state index in [1.54, 1.807) is 11.3 Å². The molecular weight excluding hydrogens is 320 g/mol. The van der Waals surface area contributed by atoms with E-state index in [1.807, 2.05) is 6.07 Å². The van der Waals surface area contributed by atoms with Crippen molar-refractivity contribution in [2.45, 2.75) is 31.7 Å². The van der Waals surface area contributed by atoms with Gasteiger partial charge < -0.3 is 5.32 Å². The van der Waals surface area contributed by atoms with E-state index >= 15 is 0 Å². The van der Waals surface area contributed by atoms with Gasteiger partial charge in [-0.3, -0.25) is 0 Å². The Kier molecular flexibility index (Phi) is 3.28. The van der Waals surface area contributed by atoms with Crippen LogP contribution in [0.15, 0.2) is 16.6 Å². The molecule has 1 fully saturated rings. The third kappa shape index (κ3) is 2.44. The highest BCUT2D eigenvalue weighted by Crippen LogP contribution is 2.35. The summed E-state index contributed by atoms with van der Waals surface area (Å²) in [5, 5.41) is 5.22. The summed E-state index contributed by atoms with van der Waals surface area (Å²) in [6.07, 6.45) is 5.17. The number of fused-ring (bicyclic) bond motifs is 1. The van der Waals surface area contributed by atoms with E-state index < -0.39 is 0 Å². The maximum absolute atomic E-state index is 6.18. The lowest BCUT2D eigenvalue weighted by atomic mass is 10.3. The topological polar surface area (TPSA) is 24.9 Å². The molecule has 1 aliphatic rings. The lowest BCUT2D eigenvalue weighted by Gasteiger charge is -2.09. The van der Waals surface area contributed by atoms with Crippen molar-refractivity contribution in [3.8, 4) is 0 Å². The van der Waals surface area contributed by atoms with Crippen LogP contribution in [0.25, 0.3) is 10.2 Å². The zero-order valence-corrected chi connectivity index (χ0v) is 12.3. The summed E-state index contributed by atoms with van der Waals surface area (Å²) in [6, 6.07) is 4.56. The largest absolute Gasteiger partial charge is 0.359 e. The van der Waals surface area contributed by atoms with Gasteiger partial charge in [-0.15, -0.1) is 0 Å². The van der Waals surface area contributed by atoms with E-state index in [4.69, 9.17) is 11.6 Å². The SMILES string of the molecule is Clc1cc(Br)cc2sc(NC3CCCC3)nc12. The number of rotatable bonds is 2. The number of aromatic nitrogens is 1. The highest BCUT2D eigenvalue weighted by atomic mass is 79.9. The molecule has 1 aromatic carbocycles. The van der Waals surface area contributed by atoms with Crippen LogP contribution in [0, 0.1) is 0 Å². The molecule has 0 saturated heterocycles. The van der Waals surface area contributed by atoms with Gasteiger partial charge in [0.2, 0.25) is 0 Å². The van der Waals surface area contributed by atoms with Crippen molar-refractivity contribution in [1.29, 1.82) is 0 Å². The summed E-state index contributed by atoms with van der Waals surface area (Å²) in [5.41, 5.74) is 0.903. The molecule has 2 nitrogen and oxygen atoms in total. The molecule has 0 radical (unpaired) electrons. The fourth-order valence-corrected chi connectivity index (χ4v) is 4.33. The van der Waals surface area contributed by atoms with Gasteiger partial charge in [-0.2, -0.15) is 0 Å². The molecule has 1 saturated carbocycles. The normalized spacial score (nSPS) is 16.8. The Morgan fingerprint density at radius 1 is 1.35 bits per heavy atom. The van der Waals surface area contributed by atoms with Gasteiger partial charge in [-0.25, -0.2) is 4.98 Å². The number of nitrogens with zero attached hydrogens (tertiary/aromatic N) is 1. The van der Waals surface area contributed by atoms with Crippen LogP contribution in [0.5, 0.6) is 0 Å². The van der Waals surface area contributed by atoms with Crippen molar-refractivity contribution in [1.82, 2.24) is 4.98 Å². The maximum Gasteiger partial charge on any atom is 0.184 e. The second-order valence-corrected chi connectivity index (χ2v) is 6.73. The predicted octanol–water partition coefficient (Wildman–Crippen LogP) is 5.07. The number of anilines is 1. The third-order valence-corrected chi connectivity index (χ3v) is 4.78. The predicted molar refractivity (Wildman–Crippen MR) is 78.2 cm³/mol. The van der Waals surface area contributed by atoms with E-state index in [9.17, 15) is 0 Å². The summed E-state index contributed by atoms with van der Waals surface area (Å²) in [4.78, 5) is 4.57. The van der Waals surface area contributed by atoms with E-state index in [-0.39, 0.29) is 0 Å². The maximum atomic E-state index is 6.18. The molecule has 1 aromatic heterocycles. The van der Waals surface area contributed by atoms with Crippen LogP contribution >= 0.6 is 38.9 Å². The van der Waals surface area contributed by atoms with Crippen molar-refractivity contribution < 1.29 is 0 Å². The van der Waals surface area contributed by atoms with Crippen molar-refractivity contribution in [2.75, 3.05) is 5.32 Å². The fourth-order valence-electron chi connectivity index (χ4n) is 2.26. The molecule has 1 N–H and O–H groups in total. The van der Waals surface area contributed by atoms with Crippen LogP contribution in [-0.4, -0.2) is 11.0 Å². The van der Waals surface area contributed by atoms with Crippen molar-refractivity contribution in [2.24, 2.45) is 0 Å². The van der Waals surface area contributed by atoms with Crippen LogP contribution in [-0.2, 0) is 0 Å². The molecule has 3 rings (SSSR count). The lowest BCUT2D eigenvalue weighted by Crippen LogP contribution is -2.13. The molecule has 0 amide bonds. The van der Waals surface area contributed by atoms with Crippen molar-refractivity contribution in [3.05, 3.63) is 21.6 Å². The molecule has 0 aliphatic heterocycles. The summed E-state index contributed by atoms with van der Waals surface area (Å²) in [7, 11) is 0. The van der Waals surface area contributed by atoms with Gasteiger partial charge in [0, 0.05) is 10.5 Å². The first-order chi connectivity index (χ1) is 8.22. The van der Waals surface area contributed by atoms with E-state index in [1.165, 1.54) is 25.7 Å². The van der Waals surface area contributed by atoms with Gasteiger partial charge in [0.15, 0.2) is 5.13 Å². The van der Waals surface area contributed by atoms with E-state index in [0.29, 0.717) is 11.1 Å². The smallest absolute Gasteiger partial charge is 0.184 e. The second kappa shape index (κ2) is 4.75. The molecule has 17 heavy (non-hydrogen) atoms. The molecule has 0 spiro atoms. The van der Waals surface area contributed by atoms with Crippen LogP contribution in [0.4, 0.5) is 5.13 Å². The van der Waals surface area contributed by atoms with E-state index in [2.05, 4.69) is 32.3 Å². The monoisotopic (exact) mass is 330 g/mol. The number of thiazole rings is 1. The standard InChI is InChI=1S/C12H12BrClN2S/c13-7-5-9(14)11-10(6-7)17-12(16-11)15-8-3-1-2-4-8/h5-6,8H,1-4H2,(H,15,16). The van der Waals surface area contributed by atoms with Crippen LogP contribution in [0.3, 0.4) is 0 Å². The quantitative estimate of drug-likeness (QED) is 0.831. The average molecular weight is 332 g/mol. The zero-order chi connectivity index (χ0) is 11.8. The molecule has 0 bridgehead atoms. The number of hydrogen-bond donors (Lipinski definition) is 1. The van der Waals surface area contributed by atoms with Gasteiger partial charge in [0.25, 0.3) is 0 Å². The Morgan fingerprint density at radius 3 is 2.88 bits per heavy atom. The third-order valence-electron chi connectivity index (χ3n) is 3.10. The molecule has 2 aromatic rings. The lowest BCUT2D eigenvalue weighted by molar-refractivity contribution is 0.754. The minimum Gasteiger partial charge on any atom is -0.359 e. The Labute approximate surface area is 118 Å². The first-order valence-electron chi connectivity index (χ1n) is 5.74. The average Bonchev–Trinajstić information content (AvgIpc) is 2.87. The molecule has 90 valence electrons. The van der Waals surface area contributed by atoms with Crippen molar-refractivity contribution in [3.63, 3.8) is 0 Å². The Bertz CT molecular complexity index is 549. The van der Waals surface area contributed by atoms with Gasteiger partial charge in [0.05, 0.1) is 9.72 Å². The molecular formula is C12H12BrClN2S. The van der Waals surface area contributed by atoms with E-state index in [0.717, 1.165) is 19.8 Å². The van der Waals surface area contributed by atoms with Crippen molar-refractivity contribution >= 4 is 54.2 Å². The second-order valence-electron chi connectivity index (χ2n) is 4.38. The Morgan fingerprint density at radius 2 is 2.12 bits per heavy atom. The van der Waals surface area contributed by atoms with Crippen LogP contribution < -0.4 is 5.32 Å². The molecule has 5 heteroatoms. The van der Waals surface area contributed by atoms with Gasteiger partial charge in [-0.05, 0) is 25.0 Å². The van der Waals surface area contributed by atoms with Crippen LogP contribution in [0.2, 0.25) is 5.02 Å². The van der Waals surface area contributed by atoms with Crippen LogP contribution in [0.1, 0.15) is 25.7 Å². The summed E-state index contributed by atoms with van der Waals surface area (Å²) in [5.74, 6) is 0. The molecule has 0 atom stereocenters. The summed E-state index contributed by atoms with van der Waals surface area (Å²) < 4.78 is 2.14. The fraction of sp³-hybridized carbons (Fsp3) is 0.417. The first kappa shape index (κ1) is 11.8. The molecule has 1 heterocycles. The highest BCUT2D eigenvalue weighted by molar-refractivity contribution is 9.10. The number of hydrogen-bond acceptors (Lipinski definition) is 3. The Balaban J connectivity index is 1.93. The zero-order valence-electron chi connectivity index (χ0n) is 9.17. The summed E-state index contributed by atoms with van der Waals surface area (Å²) in [6.45, 7) is 0. The Hall–Kier alpha value is -0.320. The number of benzene rings is 1. The summed E-state index contributed by atoms with van der Waals surface area (Å²) >= 11 is 11.3. The van der Waals surface area contributed by atoms with Gasteiger partial charge in [0.1, 0.15) is 5.52 Å². The number of halogens is 2. The highest BCUT2D eigenvalue weighted by Gasteiger charge is 2.16.